The van der Waals surface area contributed by atoms with Crippen LogP contribution in [0.3, 0.4) is 0 Å². The predicted octanol–water partition coefficient (Wildman–Crippen LogP) is 1.63. The second-order valence-electron chi connectivity index (χ2n) is 4.46. The normalized spacial score (nSPS) is 10.1. The van der Waals surface area contributed by atoms with Crippen LogP contribution in [0.25, 0.3) is 0 Å². The third-order valence-electron chi connectivity index (χ3n) is 2.65. The highest BCUT2D eigenvalue weighted by Gasteiger charge is 2.07. The van der Waals surface area contributed by atoms with Gasteiger partial charge in [0, 0.05) is 19.8 Å². The van der Waals surface area contributed by atoms with Crippen LogP contribution in [-0.4, -0.2) is 37.3 Å². The lowest BCUT2D eigenvalue weighted by Gasteiger charge is -2.10. The van der Waals surface area contributed by atoms with E-state index in [4.69, 9.17) is 27.4 Å². The second-order valence-corrected chi connectivity index (χ2v) is 4.90. The summed E-state index contributed by atoms with van der Waals surface area (Å²) in [6, 6.07) is 7.12. The highest BCUT2D eigenvalue weighted by molar-refractivity contribution is 7.80. The quantitative estimate of drug-likeness (QED) is 0.507. The van der Waals surface area contributed by atoms with Gasteiger partial charge in [-0.05, 0) is 25.0 Å². The fourth-order valence-corrected chi connectivity index (χ4v) is 1.81. The minimum atomic E-state index is -0.178. The van der Waals surface area contributed by atoms with Gasteiger partial charge in [-0.1, -0.05) is 31.3 Å². The maximum atomic E-state index is 11.6. The molecule has 0 fully saturated rings. The molecule has 0 saturated carbocycles. The first kappa shape index (κ1) is 17.4. The summed E-state index contributed by atoms with van der Waals surface area (Å²) in [6.45, 7) is 3.98. The molecule has 0 saturated heterocycles. The fraction of sp³-hybridized carbons (Fsp3) is 0.467. The zero-order valence-electron chi connectivity index (χ0n) is 12.3. The maximum Gasteiger partial charge on any atom is 0.257 e. The molecule has 0 spiro atoms. The van der Waals surface area contributed by atoms with Crippen molar-refractivity contribution in [2.45, 2.75) is 19.8 Å². The molecule has 1 amide bonds. The molecule has 6 heteroatoms. The molecule has 0 unspecified atom stereocenters. The van der Waals surface area contributed by atoms with Gasteiger partial charge < -0.3 is 20.5 Å². The van der Waals surface area contributed by atoms with Gasteiger partial charge in [-0.2, -0.15) is 0 Å². The number of hydrogen-bond acceptors (Lipinski definition) is 4. The number of rotatable bonds is 10. The van der Waals surface area contributed by atoms with Crippen molar-refractivity contribution in [2.24, 2.45) is 5.73 Å². The average Bonchev–Trinajstić information content (AvgIpc) is 2.49. The lowest BCUT2D eigenvalue weighted by Crippen LogP contribution is -2.30. The van der Waals surface area contributed by atoms with E-state index in [-0.39, 0.29) is 17.5 Å². The van der Waals surface area contributed by atoms with Crippen LogP contribution in [0.1, 0.15) is 25.3 Å². The van der Waals surface area contributed by atoms with Gasteiger partial charge >= 0.3 is 0 Å². The molecule has 0 atom stereocenters. The molecule has 0 aliphatic heterocycles. The number of benzene rings is 1. The van der Waals surface area contributed by atoms with E-state index >= 15 is 0 Å². The summed E-state index contributed by atoms with van der Waals surface area (Å²) in [5.41, 5.74) is 6.23. The first-order valence-electron chi connectivity index (χ1n) is 7.01. The molecule has 0 bridgehead atoms. The van der Waals surface area contributed by atoms with E-state index < -0.39 is 0 Å². The highest BCUT2D eigenvalue weighted by atomic mass is 32.1. The van der Waals surface area contributed by atoms with Crippen LogP contribution in [0.2, 0.25) is 0 Å². The van der Waals surface area contributed by atoms with Gasteiger partial charge in [0.15, 0.2) is 6.61 Å². The van der Waals surface area contributed by atoms with E-state index in [9.17, 15) is 4.79 Å². The largest absolute Gasteiger partial charge is 0.483 e. The Bertz CT molecular complexity index is 466. The standard InChI is InChI=1S/C15H22N2O3S/c1-2-9-19-10-5-8-17-14(18)11-20-13-7-4-3-6-12(13)15(16)21/h3-4,6-7H,2,5,8-11H2,1H3,(H2,16,21)(H,17,18). The molecule has 0 aliphatic rings. The second kappa shape index (κ2) is 10.1. The Labute approximate surface area is 130 Å². The Morgan fingerprint density at radius 3 is 2.81 bits per heavy atom. The number of carbonyl (C=O) groups excluding carboxylic acids is 1. The SMILES string of the molecule is CCCOCCCNC(=O)COc1ccccc1C(N)=S. The molecule has 1 aromatic rings. The number of hydrogen-bond donors (Lipinski definition) is 2. The molecule has 0 radical (unpaired) electrons. The van der Waals surface area contributed by atoms with Gasteiger partial charge in [0.05, 0.1) is 5.56 Å². The molecule has 5 nitrogen and oxygen atoms in total. The van der Waals surface area contributed by atoms with E-state index in [0.29, 0.717) is 24.5 Å². The van der Waals surface area contributed by atoms with Crippen LogP contribution in [-0.2, 0) is 9.53 Å². The monoisotopic (exact) mass is 310 g/mol. The third-order valence-corrected chi connectivity index (χ3v) is 2.87. The summed E-state index contributed by atoms with van der Waals surface area (Å²) >= 11 is 4.93. The molecular weight excluding hydrogens is 288 g/mol. The van der Waals surface area contributed by atoms with Gasteiger partial charge in [0.25, 0.3) is 5.91 Å². The van der Waals surface area contributed by atoms with Crippen molar-refractivity contribution in [3.63, 3.8) is 0 Å². The van der Waals surface area contributed by atoms with Gasteiger partial charge in [0.2, 0.25) is 0 Å². The Hall–Kier alpha value is -1.66. The summed E-state index contributed by atoms with van der Waals surface area (Å²) in [4.78, 5) is 11.9. The van der Waals surface area contributed by atoms with Crippen LogP contribution in [0.4, 0.5) is 0 Å². The van der Waals surface area contributed by atoms with Crippen LogP contribution in [0.5, 0.6) is 5.75 Å². The maximum absolute atomic E-state index is 11.6. The van der Waals surface area contributed by atoms with Crippen molar-refractivity contribution in [3.05, 3.63) is 29.8 Å². The topological polar surface area (TPSA) is 73.6 Å². The van der Waals surface area contributed by atoms with E-state index in [1.165, 1.54) is 0 Å². The Balaban J connectivity index is 2.26. The van der Waals surface area contributed by atoms with Crippen LogP contribution in [0.15, 0.2) is 24.3 Å². The Morgan fingerprint density at radius 2 is 2.10 bits per heavy atom. The molecule has 0 heterocycles. The predicted molar refractivity (Wildman–Crippen MR) is 86.6 cm³/mol. The smallest absolute Gasteiger partial charge is 0.257 e. The van der Waals surface area contributed by atoms with E-state index in [1.54, 1.807) is 18.2 Å². The van der Waals surface area contributed by atoms with E-state index in [1.807, 2.05) is 6.07 Å². The zero-order chi connectivity index (χ0) is 15.5. The molecule has 3 N–H and O–H groups in total. The highest BCUT2D eigenvalue weighted by Crippen LogP contribution is 2.17. The van der Waals surface area contributed by atoms with Crippen molar-refractivity contribution >= 4 is 23.1 Å². The molecule has 1 aromatic carbocycles. The number of carbonyl (C=O) groups is 1. The van der Waals surface area contributed by atoms with E-state index in [2.05, 4.69) is 12.2 Å². The van der Waals surface area contributed by atoms with Gasteiger partial charge in [0.1, 0.15) is 10.7 Å². The van der Waals surface area contributed by atoms with Crippen molar-refractivity contribution < 1.29 is 14.3 Å². The molecule has 0 aromatic heterocycles. The van der Waals surface area contributed by atoms with E-state index in [0.717, 1.165) is 19.4 Å². The first-order chi connectivity index (χ1) is 10.1. The van der Waals surface area contributed by atoms with Crippen LogP contribution < -0.4 is 15.8 Å². The lowest BCUT2D eigenvalue weighted by atomic mass is 10.2. The number of nitrogens with one attached hydrogen (secondary N) is 1. The first-order valence-corrected chi connectivity index (χ1v) is 7.42. The van der Waals surface area contributed by atoms with Gasteiger partial charge in [-0.25, -0.2) is 0 Å². The third kappa shape index (κ3) is 7.06. The number of thiocarbonyl (C=S) groups is 1. The zero-order valence-corrected chi connectivity index (χ0v) is 13.1. The van der Waals surface area contributed by atoms with Crippen molar-refractivity contribution in [2.75, 3.05) is 26.4 Å². The van der Waals surface area contributed by atoms with Crippen LogP contribution >= 0.6 is 12.2 Å². The number of nitrogens with two attached hydrogens (primary N) is 1. The molecule has 0 aliphatic carbocycles. The van der Waals surface area contributed by atoms with Crippen molar-refractivity contribution in [3.8, 4) is 5.75 Å². The van der Waals surface area contributed by atoms with Crippen molar-refractivity contribution in [1.82, 2.24) is 5.32 Å². The van der Waals surface area contributed by atoms with Gasteiger partial charge in [-0.3, -0.25) is 4.79 Å². The number of amides is 1. The summed E-state index contributed by atoms with van der Waals surface area (Å²) in [7, 11) is 0. The molecule has 116 valence electrons. The minimum Gasteiger partial charge on any atom is -0.483 e. The number of para-hydroxylation sites is 1. The van der Waals surface area contributed by atoms with Crippen molar-refractivity contribution in [1.29, 1.82) is 0 Å². The minimum absolute atomic E-state index is 0.0601. The number of ether oxygens (including phenoxy) is 2. The Kier molecular flexibility index (Phi) is 8.38. The summed E-state index contributed by atoms with van der Waals surface area (Å²) in [6.07, 6.45) is 1.79. The molecule has 1 rings (SSSR count). The average molecular weight is 310 g/mol. The summed E-state index contributed by atoms with van der Waals surface area (Å²) in [5, 5.41) is 2.77. The summed E-state index contributed by atoms with van der Waals surface area (Å²) in [5.74, 6) is 0.342. The molecular formula is C15H22N2O3S. The fourth-order valence-electron chi connectivity index (χ4n) is 1.64. The van der Waals surface area contributed by atoms with Crippen LogP contribution in [0, 0.1) is 0 Å². The summed E-state index contributed by atoms with van der Waals surface area (Å²) < 4.78 is 10.8. The Morgan fingerprint density at radius 1 is 1.33 bits per heavy atom. The lowest BCUT2D eigenvalue weighted by molar-refractivity contribution is -0.123. The molecule has 21 heavy (non-hydrogen) atoms. The van der Waals surface area contributed by atoms with Gasteiger partial charge in [-0.15, -0.1) is 0 Å².